The third-order valence-electron chi connectivity index (χ3n) is 4.07. The zero-order valence-electron chi connectivity index (χ0n) is 11.7. The molecule has 20 heavy (non-hydrogen) atoms. The smallest absolute Gasteiger partial charge is 0.230 e. The van der Waals surface area contributed by atoms with Crippen molar-refractivity contribution >= 4 is 17.4 Å². The first kappa shape index (κ1) is 13.3. The van der Waals surface area contributed by atoms with Crippen LogP contribution in [0.25, 0.3) is 0 Å². The summed E-state index contributed by atoms with van der Waals surface area (Å²) in [5.74, 6) is 0.754. The molecule has 2 atom stereocenters. The Morgan fingerprint density at radius 3 is 2.95 bits per heavy atom. The van der Waals surface area contributed by atoms with Crippen molar-refractivity contribution < 1.29 is 9.53 Å². The monoisotopic (exact) mass is 276 g/mol. The topological polar surface area (TPSA) is 67.3 Å². The summed E-state index contributed by atoms with van der Waals surface area (Å²) in [6.45, 7) is 4.58. The van der Waals surface area contributed by atoms with Gasteiger partial charge in [0.15, 0.2) is 5.82 Å². The van der Waals surface area contributed by atoms with Crippen molar-refractivity contribution in [2.45, 2.75) is 32.3 Å². The molecule has 0 bridgehead atoms. The number of hydrogen-bond acceptors (Lipinski definition) is 5. The predicted molar refractivity (Wildman–Crippen MR) is 75.6 cm³/mol. The first-order valence-corrected chi connectivity index (χ1v) is 7.23. The van der Waals surface area contributed by atoms with Gasteiger partial charge in [0.2, 0.25) is 5.91 Å². The van der Waals surface area contributed by atoms with Crippen molar-refractivity contribution in [2.24, 2.45) is 5.92 Å². The molecule has 0 unspecified atom stereocenters. The van der Waals surface area contributed by atoms with Gasteiger partial charge in [0.05, 0.1) is 18.2 Å². The molecular weight excluding hydrogens is 256 g/mol. The van der Waals surface area contributed by atoms with Gasteiger partial charge in [-0.3, -0.25) is 4.79 Å². The van der Waals surface area contributed by atoms with E-state index in [4.69, 9.17) is 4.74 Å². The van der Waals surface area contributed by atoms with Crippen LogP contribution in [0.2, 0.25) is 0 Å². The quantitative estimate of drug-likeness (QED) is 0.905. The number of hydrogen-bond donors (Lipinski definition) is 1. The first-order valence-electron chi connectivity index (χ1n) is 7.23. The molecule has 1 N–H and O–H groups in total. The molecule has 1 amide bonds. The van der Waals surface area contributed by atoms with Crippen LogP contribution in [0.15, 0.2) is 12.5 Å². The van der Waals surface area contributed by atoms with Gasteiger partial charge in [-0.05, 0) is 26.2 Å². The van der Waals surface area contributed by atoms with E-state index in [1.54, 1.807) is 6.20 Å². The van der Waals surface area contributed by atoms with Crippen molar-refractivity contribution in [2.75, 3.05) is 29.9 Å². The van der Waals surface area contributed by atoms with Crippen LogP contribution in [-0.2, 0) is 9.53 Å². The molecule has 0 radical (unpaired) electrons. The van der Waals surface area contributed by atoms with Gasteiger partial charge in [-0.1, -0.05) is 0 Å². The Hall–Kier alpha value is -1.69. The average Bonchev–Trinajstić information content (AvgIpc) is 3.10. The second-order valence-electron chi connectivity index (χ2n) is 5.41. The lowest BCUT2D eigenvalue weighted by atomic mass is 10.0. The Balaban J connectivity index is 1.75. The van der Waals surface area contributed by atoms with Gasteiger partial charge in [-0.2, -0.15) is 0 Å². The summed E-state index contributed by atoms with van der Waals surface area (Å²) in [7, 11) is 0. The maximum Gasteiger partial charge on any atom is 0.230 e. The Labute approximate surface area is 118 Å². The highest BCUT2D eigenvalue weighted by Gasteiger charge is 2.31. The van der Waals surface area contributed by atoms with Gasteiger partial charge >= 0.3 is 0 Å². The van der Waals surface area contributed by atoms with Crippen LogP contribution < -0.4 is 10.2 Å². The van der Waals surface area contributed by atoms with E-state index < -0.39 is 0 Å². The van der Waals surface area contributed by atoms with Crippen LogP contribution in [0.1, 0.15) is 26.2 Å². The van der Waals surface area contributed by atoms with Gasteiger partial charge < -0.3 is 15.0 Å². The molecule has 0 aliphatic carbocycles. The minimum atomic E-state index is -0.0818. The molecule has 0 aromatic carbocycles. The predicted octanol–water partition coefficient (Wildman–Crippen LogP) is 1.44. The van der Waals surface area contributed by atoms with Crippen molar-refractivity contribution in [3.63, 3.8) is 0 Å². The molecule has 108 valence electrons. The van der Waals surface area contributed by atoms with E-state index in [0.29, 0.717) is 12.3 Å². The van der Waals surface area contributed by atoms with Crippen LogP contribution in [-0.4, -0.2) is 41.7 Å². The molecule has 6 nitrogen and oxygen atoms in total. The highest BCUT2D eigenvalue weighted by molar-refractivity contribution is 5.95. The van der Waals surface area contributed by atoms with Crippen LogP contribution >= 0.6 is 0 Å². The summed E-state index contributed by atoms with van der Waals surface area (Å²) in [5.41, 5.74) is 0.707. The third-order valence-corrected chi connectivity index (χ3v) is 4.07. The Bertz CT molecular complexity index is 488. The lowest BCUT2D eigenvalue weighted by molar-refractivity contribution is -0.121. The summed E-state index contributed by atoms with van der Waals surface area (Å²) in [5, 5.41) is 2.97. The number of amides is 1. The summed E-state index contributed by atoms with van der Waals surface area (Å²) >= 11 is 0. The summed E-state index contributed by atoms with van der Waals surface area (Å²) in [6, 6.07) is 0. The molecule has 2 aliphatic heterocycles. The lowest BCUT2D eigenvalue weighted by Gasteiger charge is -2.21. The van der Waals surface area contributed by atoms with Crippen LogP contribution in [0, 0.1) is 5.92 Å². The number of nitrogens with zero attached hydrogens (tertiary/aromatic N) is 3. The lowest BCUT2D eigenvalue weighted by Crippen LogP contribution is -2.29. The van der Waals surface area contributed by atoms with Gasteiger partial charge in [0, 0.05) is 19.7 Å². The largest absolute Gasteiger partial charge is 0.378 e. The number of anilines is 2. The second-order valence-corrected chi connectivity index (χ2v) is 5.41. The SMILES string of the molecule is C[C@H]1OCC[C@@H]1C(=O)Nc1cncnc1N1CCCC1. The van der Waals surface area contributed by atoms with Crippen molar-refractivity contribution in [1.29, 1.82) is 0 Å². The third kappa shape index (κ3) is 2.60. The Kier molecular flexibility index (Phi) is 3.82. The maximum absolute atomic E-state index is 12.3. The molecule has 2 fully saturated rings. The first-order chi connectivity index (χ1) is 9.75. The fourth-order valence-electron chi connectivity index (χ4n) is 2.89. The molecule has 6 heteroatoms. The van der Waals surface area contributed by atoms with Crippen molar-refractivity contribution in [3.05, 3.63) is 12.5 Å². The number of ether oxygens (including phenoxy) is 1. The molecule has 0 saturated carbocycles. The molecule has 0 spiro atoms. The zero-order chi connectivity index (χ0) is 13.9. The van der Waals surface area contributed by atoms with Crippen molar-refractivity contribution in [3.8, 4) is 0 Å². The highest BCUT2D eigenvalue weighted by Crippen LogP contribution is 2.27. The number of carbonyl (C=O) groups is 1. The fraction of sp³-hybridized carbons (Fsp3) is 0.643. The normalized spacial score (nSPS) is 25.9. The minimum absolute atomic E-state index is 0.00486. The van der Waals surface area contributed by atoms with Crippen LogP contribution in [0.4, 0.5) is 11.5 Å². The van der Waals surface area contributed by atoms with E-state index in [2.05, 4.69) is 20.2 Å². The van der Waals surface area contributed by atoms with Gasteiger partial charge in [0.25, 0.3) is 0 Å². The van der Waals surface area contributed by atoms with Gasteiger partial charge in [-0.25, -0.2) is 9.97 Å². The zero-order valence-corrected chi connectivity index (χ0v) is 11.7. The average molecular weight is 276 g/mol. The van der Waals surface area contributed by atoms with E-state index in [1.807, 2.05) is 6.92 Å². The number of carbonyl (C=O) groups excluding carboxylic acids is 1. The maximum atomic E-state index is 12.3. The molecule has 2 aliphatic rings. The van der Waals surface area contributed by atoms with Crippen LogP contribution in [0.3, 0.4) is 0 Å². The van der Waals surface area contributed by atoms with E-state index in [9.17, 15) is 4.79 Å². The molecular formula is C14H20N4O2. The molecule has 3 rings (SSSR count). The van der Waals surface area contributed by atoms with Crippen molar-refractivity contribution in [1.82, 2.24) is 9.97 Å². The Morgan fingerprint density at radius 2 is 2.25 bits per heavy atom. The van der Waals surface area contributed by atoms with E-state index in [1.165, 1.54) is 19.2 Å². The Morgan fingerprint density at radius 1 is 1.45 bits per heavy atom. The molecule has 1 aromatic rings. The summed E-state index contributed by atoms with van der Waals surface area (Å²) in [4.78, 5) is 22.9. The molecule has 3 heterocycles. The minimum Gasteiger partial charge on any atom is -0.378 e. The summed E-state index contributed by atoms with van der Waals surface area (Å²) in [6.07, 6.45) is 6.31. The standard InChI is InChI=1S/C14H20N4O2/c1-10-11(4-7-20-10)14(19)17-12-8-15-9-16-13(12)18-5-2-3-6-18/h8-11H,2-7H2,1H3,(H,17,19)/t10-,11+/m1/s1. The van der Waals surface area contributed by atoms with E-state index in [0.717, 1.165) is 25.3 Å². The number of nitrogens with one attached hydrogen (secondary N) is 1. The van der Waals surface area contributed by atoms with Crippen LogP contribution in [0.5, 0.6) is 0 Å². The highest BCUT2D eigenvalue weighted by atomic mass is 16.5. The summed E-state index contributed by atoms with van der Waals surface area (Å²) < 4.78 is 5.45. The van der Waals surface area contributed by atoms with Gasteiger partial charge in [0.1, 0.15) is 12.0 Å². The second kappa shape index (κ2) is 5.75. The molecule has 1 aromatic heterocycles. The van der Waals surface area contributed by atoms with E-state index in [-0.39, 0.29) is 17.9 Å². The van der Waals surface area contributed by atoms with Gasteiger partial charge in [-0.15, -0.1) is 0 Å². The molecule has 2 saturated heterocycles. The van der Waals surface area contributed by atoms with E-state index >= 15 is 0 Å². The number of aromatic nitrogens is 2. The fourth-order valence-corrected chi connectivity index (χ4v) is 2.89. The number of rotatable bonds is 3.